The maximum atomic E-state index is 13.5. The molecule has 1 aliphatic carbocycles. The highest BCUT2D eigenvalue weighted by atomic mass is 32.1. The average molecular weight is 476 g/mol. The first-order chi connectivity index (χ1) is 15.5. The zero-order chi connectivity index (χ0) is 22.5. The first-order valence-corrected chi connectivity index (χ1v) is 12.5. The van der Waals surface area contributed by atoms with Crippen LogP contribution in [-0.2, 0) is 24.1 Å². The molecular formula is C24H30FN3O2S2. The van der Waals surface area contributed by atoms with E-state index in [0.717, 1.165) is 74.5 Å². The molecule has 0 unspecified atom stereocenters. The smallest absolute Gasteiger partial charge is 0.341 e. The second kappa shape index (κ2) is 10.7. The van der Waals surface area contributed by atoms with E-state index in [2.05, 4.69) is 15.1 Å². The van der Waals surface area contributed by atoms with Crippen molar-refractivity contribution in [3.8, 4) is 0 Å². The van der Waals surface area contributed by atoms with Crippen molar-refractivity contribution >= 4 is 39.6 Å². The Labute approximate surface area is 198 Å². The number of piperazine rings is 1. The summed E-state index contributed by atoms with van der Waals surface area (Å²) in [5.41, 5.74) is 2.80. The van der Waals surface area contributed by atoms with Gasteiger partial charge in [-0.25, -0.2) is 9.18 Å². The summed E-state index contributed by atoms with van der Waals surface area (Å²) in [7, 11) is 1.44. The number of fused-ring (bicyclic) bond motifs is 1. The molecule has 1 aromatic carbocycles. The molecule has 4 rings (SSSR count). The fourth-order valence-electron chi connectivity index (χ4n) is 4.50. The van der Waals surface area contributed by atoms with Gasteiger partial charge in [0, 0.05) is 37.6 Å². The zero-order valence-corrected chi connectivity index (χ0v) is 20.1. The second-order valence-corrected chi connectivity index (χ2v) is 9.93. The van der Waals surface area contributed by atoms with Crippen molar-refractivity contribution in [3.05, 3.63) is 51.7 Å². The van der Waals surface area contributed by atoms with Gasteiger partial charge >= 0.3 is 5.97 Å². The van der Waals surface area contributed by atoms with Crippen LogP contribution in [0.25, 0.3) is 0 Å². The summed E-state index contributed by atoms with van der Waals surface area (Å²) >= 11 is 7.37. The summed E-state index contributed by atoms with van der Waals surface area (Å²) in [6.07, 6.45) is 6.64. The van der Waals surface area contributed by atoms with E-state index in [4.69, 9.17) is 17.0 Å². The van der Waals surface area contributed by atoms with Crippen molar-refractivity contribution in [2.24, 2.45) is 0 Å². The second-order valence-electron chi connectivity index (χ2n) is 8.44. The van der Waals surface area contributed by atoms with Crippen molar-refractivity contribution in [3.63, 3.8) is 0 Å². The van der Waals surface area contributed by atoms with Crippen LogP contribution in [-0.4, -0.2) is 54.2 Å². The minimum absolute atomic E-state index is 0.196. The molecule has 1 N–H and O–H groups in total. The molecule has 172 valence electrons. The number of nitrogens with zero attached hydrogens (tertiary/aromatic N) is 2. The van der Waals surface area contributed by atoms with Crippen molar-refractivity contribution in [1.29, 1.82) is 0 Å². The number of hydrogen-bond acceptors (Lipinski definition) is 5. The molecule has 0 bridgehead atoms. The zero-order valence-electron chi connectivity index (χ0n) is 18.5. The van der Waals surface area contributed by atoms with Gasteiger partial charge in [-0.3, -0.25) is 4.90 Å². The lowest BCUT2D eigenvalue weighted by atomic mass is 9.96. The van der Waals surface area contributed by atoms with Gasteiger partial charge in [-0.1, -0.05) is 25.0 Å². The highest BCUT2D eigenvalue weighted by Crippen LogP contribution is 2.37. The molecule has 0 saturated carbocycles. The summed E-state index contributed by atoms with van der Waals surface area (Å²) in [6, 6.07) is 6.78. The van der Waals surface area contributed by atoms with Crippen molar-refractivity contribution in [1.82, 2.24) is 9.80 Å². The predicted molar refractivity (Wildman–Crippen MR) is 131 cm³/mol. The summed E-state index contributed by atoms with van der Waals surface area (Å²) in [5, 5.41) is 4.84. The number of anilines is 1. The van der Waals surface area contributed by atoms with Gasteiger partial charge in [0.1, 0.15) is 10.8 Å². The molecule has 1 fully saturated rings. The number of ether oxygens (including phenoxy) is 1. The van der Waals surface area contributed by atoms with E-state index in [1.54, 1.807) is 23.5 Å². The number of thiocarbonyl (C=S) groups is 1. The number of thiophene rings is 1. The molecule has 0 atom stereocenters. The van der Waals surface area contributed by atoms with Crippen LogP contribution in [0.4, 0.5) is 9.39 Å². The minimum atomic E-state index is -0.284. The number of esters is 1. The molecule has 1 aliphatic heterocycles. The van der Waals surface area contributed by atoms with Crippen LogP contribution in [0, 0.1) is 5.82 Å². The van der Waals surface area contributed by atoms with Crippen LogP contribution in [0.15, 0.2) is 24.3 Å². The Kier molecular flexibility index (Phi) is 7.75. The molecule has 2 aromatic rings. The van der Waals surface area contributed by atoms with Gasteiger partial charge in [0.05, 0.1) is 12.7 Å². The number of carbonyl (C=O) groups excluding carboxylic acids is 1. The van der Waals surface area contributed by atoms with E-state index in [-0.39, 0.29) is 11.8 Å². The Balaban J connectivity index is 1.40. The number of methoxy groups -OCH3 is 1. The van der Waals surface area contributed by atoms with Crippen molar-refractivity contribution in [2.45, 2.75) is 45.1 Å². The van der Waals surface area contributed by atoms with E-state index in [9.17, 15) is 9.18 Å². The number of hydrogen-bond donors (Lipinski definition) is 1. The topological polar surface area (TPSA) is 44.8 Å². The van der Waals surface area contributed by atoms with Gasteiger partial charge in [-0.15, -0.1) is 11.3 Å². The van der Waals surface area contributed by atoms with Crippen LogP contribution < -0.4 is 5.32 Å². The SMILES string of the molecule is COC(=O)c1c(NC(=S)N2CCN(Cc3cccc(F)c3)CC2)sc2c1CCCCCC2. The third-order valence-electron chi connectivity index (χ3n) is 6.24. The fourth-order valence-corrected chi connectivity index (χ4v) is 6.13. The van der Waals surface area contributed by atoms with E-state index < -0.39 is 0 Å². The van der Waals surface area contributed by atoms with Crippen LogP contribution in [0.5, 0.6) is 0 Å². The standard InChI is InChI=1S/C24H30FN3O2S2/c1-30-23(29)21-19-9-4-2-3-5-10-20(19)32-22(21)26-24(31)28-13-11-27(12-14-28)16-17-7-6-8-18(25)15-17/h6-8,15H,2-5,9-14,16H2,1H3,(H,26,31). The van der Waals surface area contributed by atoms with Crippen LogP contribution in [0.1, 0.15) is 52.0 Å². The molecular weight excluding hydrogens is 445 g/mol. The van der Waals surface area contributed by atoms with Crippen molar-refractivity contribution < 1.29 is 13.9 Å². The molecule has 5 nitrogen and oxygen atoms in total. The molecule has 32 heavy (non-hydrogen) atoms. The fraction of sp³-hybridized carbons (Fsp3) is 0.500. The molecule has 2 aliphatic rings. The van der Waals surface area contributed by atoms with Gasteiger partial charge in [-0.05, 0) is 61.2 Å². The molecule has 1 aromatic heterocycles. The number of benzene rings is 1. The highest BCUT2D eigenvalue weighted by molar-refractivity contribution is 7.80. The van der Waals surface area contributed by atoms with E-state index >= 15 is 0 Å². The van der Waals surface area contributed by atoms with Crippen molar-refractivity contribution in [2.75, 3.05) is 38.6 Å². The van der Waals surface area contributed by atoms with Gasteiger partial charge < -0.3 is 15.0 Å². The normalized spacial score (nSPS) is 17.2. The predicted octanol–water partition coefficient (Wildman–Crippen LogP) is 4.85. The van der Waals surface area contributed by atoms with E-state index in [1.807, 2.05) is 6.07 Å². The first kappa shape index (κ1) is 23.1. The lowest BCUT2D eigenvalue weighted by Crippen LogP contribution is -2.49. The minimum Gasteiger partial charge on any atom is -0.465 e. The molecule has 0 amide bonds. The summed E-state index contributed by atoms with van der Waals surface area (Å²) in [5.74, 6) is -0.480. The Morgan fingerprint density at radius 3 is 2.62 bits per heavy atom. The Morgan fingerprint density at radius 1 is 1.16 bits per heavy atom. The summed E-state index contributed by atoms with van der Waals surface area (Å²) < 4.78 is 18.6. The lowest BCUT2D eigenvalue weighted by Gasteiger charge is -2.36. The largest absolute Gasteiger partial charge is 0.465 e. The van der Waals surface area contributed by atoms with E-state index in [0.29, 0.717) is 10.7 Å². The molecule has 1 saturated heterocycles. The van der Waals surface area contributed by atoms with Gasteiger partial charge in [0.25, 0.3) is 0 Å². The van der Waals surface area contributed by atoms with Gasteiger partial charge in [-0.2, -0.15) is 0 Å². The third kappa shape index (κ3) is 5.47. The number of carbonyl (C=O) groups is 1. The first-order valence-electron chi connectivity index (χ1n) is 11.3. The molecule has 8 heteroatoms. The van der Waals surface area contributed by atoms with Crippen LogP contribution in [0.2, 0.25) is 0 Å². The molecule has 0 radical (unpaired) electrons. The Morgan fingerprint density at radius 2 is 1.91 bits per heavy atom. The molecule has 0 spiro atoms. The number of aryl methyl sites for hydroxylation is 1. The average Bonchev–Trinajstić information content (AvgIpc) is 3.09. The lowest BCUT2D eigenvalue weighted by molar-refractivity contribution is 0.0601. The number of halogens is 1. The van der Waals surface area contributed by atoms with Gasteiger partial charge in [0.15, 0.2) is 5.11 Å². The van der Waals surface area contributed by atoms with Crippen LogP contribution >= 0.6 is 23.6 Å². The number of rotatable bonds is 4. The van der Waals surface area contributed by atoms with Gasteiger partial charge in [0.2, 0.25) is 0 Å². The Hall–Kier alpha value is -2.03. The molecule has 2 heterocycles. The monoisotopic (exact) mass is 475 g/mol. The quantitative estimate of drug-likeness (QED) is 0.504. The maximum Gasteiger partial charge on any atom is 0.341 e. The highest BCUT2D eigenvalue weighted by Gasteiger charge is 2.27. The maximum absolute atomic E-state index is 13.5. The summed E-state index contributed by atoms with van der Waals surface area (Å²) in [4.78, 5) is 18.4. The van der Waals surface area contributed by atoms with Crippen LogP contribution in [0.3, 0.4) is 0 Å². The summed E-state index contributed by atoms with van der Waals surface area (Å²) in [6.45, 7) is 4.02. The number of nitrogens with one attached hydrogen (secondary N) is 1. The Bertz CT molecular complexity index is 970. The van der Waals surface area contributed by atoms with E-state index in [1.165, 1.54) is 30.9 Å². The third-order valence-corrected chi connectivity index (χ3v) is 7.80.